The van der Waals surface area contributed by atoms with Crippen molar-refractivity contribution in [3.63, 3.8) is 0 Å². The molecule has 0 bridgehead atoms. The van der Waals surface area contributed by atoms with Gasteiger partial charge in [0.2, 0.25) is 5.91 Å². The molecule has 1 fully saturated rings. The second-order valence-electron chi connectivity index (χ2n) is 6.47. The Morgan fingerprint density at radius 3 is 2.77 bits per heavy atom. The van der Waals surface area contributed by atoms with Crippen molar-refractivity contribution in [2.45, 2.75) is 32.1 Å². The highest BCUT2D eigenvalue weighted by atomic mass is 35.5. The third-order valence-corrected chi connectivity index (χ3v) is 4.87. The molecule has 0 radical (unpaired) electrons. The summed E-state index contributed by atoms with van der Waals surface area (Å²) in [5, 5.41) is 3.34. The minimum Gasteiger partial charge on any atom is -0.469 e. The van der Waals surface area contributed by atoms with Crippen LogP contribution in [0.25, 0.3) is 0 Å². The number of carbonyl (C=O) groups is 3. The molecule has 2 amide bonds. The summed E-state index contributed by atoms with van der Waals surface area (Å²) < 4.78 is 4.58. The number of carbonyl (C=O) groups excluding carboxylic acids is 3. The van der Waals surface area contributed by atoms with Crippen LogP contribution in [-0.2, 0) is 14.3 Å². The molecule has 1 N–H and O–H groups in total. The number of ether oxygens (including phenoxy) is 1. The SMILES string of the molecule is COC(=O)CCCC(=O)N1CCC[C@H](CNC(=O)c2ccccc2Cl)C1. The zero-order valence-corrected chi connectivity index (χ0v) is 15.8. The first-order chi connectivity index (χ1) is 12.5. The monoisotopic (exact) mass is 380 g/mol. The van der Waals surface area contributed by atoms with E-state index in [-0.39, 0.29) is 30.1 Å². The number of piperidine rings is 1. The predicted octanol–water partition coefficient (Wildman–Crippen LogP) is 2.65. The van der Waals surface area contributed by atoms with E-state index in [1.807, 2.05) is 4.90 Å². The lowest BCUT2D eigenvalue weighted by molar-refractivity contribution is -0.141. The summed E-state index contributed by atoms with van der Waals surface area (Å²) in [6.07, 6.45) is 2.97. The number of amides is 2. The van der Waals surface area contributed by atoms with Crippen LogP contribution >= 0.6 is 11.6 Å². The Morgan fingerprint density at radius 1 is 1.27 bits per heavy atom. The van der Waals surface area contributed by atoms with E-state index in [2.05, 4.69) is 10.1 Å². The van der Waals surface area contributed by atoms with Crippen LogP contribution in [0.15, 0.2) is 24.3 Å². The molecule has 0 saturated carbocycles. The van der Waals surface area contributed by atoms with Crippen LogP contribution in [0, 0.1) is 5.92 Å². The lowest BCUT2D eigenvalue weighted by Crippen LogP contribution is -2.43. The van der Waals surface area contributed by atoms with Crippen LogP contribution in [0.1, 0.15) is 42.5 Å². The Morgan fingerprint density at radius 2 is 2.04 bits per heavy atom. The van der Waals surface area contributed by atoms with Gasteiger partial charge in [-0.25, -0.2) is 0 Å². The fraction of sp³-hybridized carbons (Fsp3) is 0.526. The summed E-state index contributed by atoms with van der Waals surface area (Å²) in [4.78, 5) is 37.5. The third kappa shape index (κ3) is 6.02. The molecule has 0 aliphatic carbocycles. The molecule has 26 heavy (non-hydrogen) atoms. The van der Waals surface area contributed by atoms with Crippen molar-refractivity contribution in [2.75, 3.05) is 26.7 Å². The second-order valence-corrected chi connectivity index (χ2v) is 6.87. The number of benzene rings is 1. The summed E-state index contributed by atoms with van der Waals surface area (Å²) in [7, 11) is 1.34. The lowest BCUT2D eigenvalue weighted by atomic mass is 9.97. The standard InChI is InChI=1S/C19H25ClN2O4/c1-26-18(24)10-4-9-17(23)22-11-5-6-14(13-22)12-21-19(25)15-7-2-3-8-16(15)20/h2-3,7-8,14H,4-6,9-13H2,1H3,(H,21,25)/t14-/m1/s1. The average Bonchev–Trinajstić information content (AvgIpc) is 2.66. The zero-order valence-electron chi connectivity index (χ0n) is 15.0. The highest BCUT2D eigenvalue weighted by molar-refractivity contribution is 6.33. The molecule has 0 aromatic heterocycles. The topological polar surface area (TPSA) is 75.7 Å². The Balaban J connectivity index is 1.77. The smallest absolute Gasteiger partial charge is 0.305 e. The number of nitrogens with one attached hydrogen (secondary N) is 1. The van der Waals surface area contributed by atoms with E-state index in [1.165, 1.54) is 7.11 Å². The van der Waals surface area contributed by atoms with Crippen molar-refractivity contribution in [1.82, 2.24) is 10.2 Å². The van der Waals surface area contributed by atoms with Crippen molar-refractivity contribution in [2.24, 2.45) is 5.92 Å². The van der Waals surface area contributed by atoms with Gasteiger partial charge in [0.05, 0.1) is 17.7 Å². The molecule has 1 heterocycles. The molecule has 1 atom stereocenters. The van der Waals surface area contributed by atoms with Gasteiger partial charge < -0.3 is 15.0 Å². The average molecular weight is 381 g/mol. The van der Waals surface area contributed by atoms with E-state index in [4.69, 9.17) is 11.6 Å². The maximum Gasteiger partial charge on any atom is 0.305 e. The summed E-state index contributed by atoms with van der Waals surface area (Å²) in [5.41, 5.74) is 0.459. The first kappa shape index (κ1) is 20.2. The summed E-state index contributed by atoms with van der Waals surface area (Å²) in [6.45, 7) is 1.86. The van der Waals surface area contributed by atoms with Gasteiger partial charge in [-0.1, -0.05) is 23.7 Å². The largest absolute Gasteiger partial charge is 0.469 e. The van der Waals surface area contributed by atoms with Crippen LogP contribution < -0.4 is 5.32 Å². The molecule has 142 valence electrons. The summed E-state index contributed by atoms with van der Waals surface area (Å²) in [5.74, 6) is -0.218. The Hall–Kier alpha value is -2.08. The maximum absolute atomic E-state index is 12.3. The molecule has 1 aliphatic rings. The van der Waals surface area contributed by atoms with Crippen LogP contribution in [-0.4, -0.2) is 49.4 Å². The van der Waals surface area contributed by atoms with E-state index in [0.717, 1.165) is 19.4 Å². The molecule has 0 spiro atoms. The molecule has 1 aromatic carbocycles. The molecule has 1 saturated heterocycles. The molecule has 7 heteroatoms. The van der Waals surface area contributed by atoms with E-state index in [0.29, 0.717) is 36.5 Å². The van der Waals surface area contributed by atoms with Crippen LogP contribution in [0.4, 0.5) is 0 Å². The van der Waals surface area contributed by atoms with E-state index in [1.54, 1.807) is 24.3 Å². The van der Waals surface area contributed by atoms with Gasteiger partial charge in [0.15, 0.2) is 0 Å². The highest BCUT2D eigenvalue weighted by Gasteiger charge is 2.24. The second kappa shape index (κ2) is 10.2. The van der Waals surface area contributed by atoms with Gasteiger partial charge >= 0.3 is 5.97 Å². The van der Waals surface area contributed by atoms with E-state index in [9.17, 15) is 14.4 Å². The Kier molecular flexibility index (Phi) is 7.91. The van der Waals surface area contributed by atoms with E-state index < -0.39 is 0 Å². The van der Waals surface area contributed by atoms with Gasteiger partial charge in [0, 0.05) is 32.5 Å². The van der Waals surface area contributed by atoms with Gasteiger partial charge in [0.25, 0.3) is 5.91 Å². The molecular formula is C19H25ClN2O4. The Labute approximate surface area is 158 Å². The fourth-order valence-corrected chi connectivity index (χ4v) is 3.30. The van der Waals surface area contributed by atoms with Crippen molar-refractivity contribution >= 4 is 29.4 Å². The molecular weight excluding hydrogens is 356 g/mol. The first-order valence-electron chi connectivity index (χ1n) is 8.88. The van der Waals surface area contributed by atoms with Crippen LogP contribution in [0.3, 0.4) is 0 Å². The number of rotatable bonds is 7. The van der Waals surface area contributed by atoms with Crippen molar-refractivity contribution < 1.29 is 19.1 Å². The maximum atomic E-state index is 12.3. The van der Waals surface area contributed by atoms with Crippen LogP contribution in [0.2, 0.25) is 5.02 Å². The molecule has 1 aliphatic heterocycles. The first-order valence-corrected chi connectivity index (χ1v) is 9.26. The minimum absolute atomic E-state index is 0.0519. The van der Waals surface area contributed by atoms with Gasteiger partial charge in [-0.2, -0.15) is 0 Å². The number of methoxy groups -OCH3 is 1. The lowest BCUT2D eigenvalue weighted by Gasteiger charge is -2.33. The van der Waals surface area contributed by atoms with Gasteiger partial charge in [-0.05, 0) is 37.3 Å². The zero-order chi connectivity index (χ0) is 18.9. The van der Waals surface area contributed by atoms with Gasteiger partial charge in [-0.15, -0.1) is 0 Å². The van der Waals surface area contributed by atoms with E-state index >= 15 is 0 Å². The molecule has 6 nitrogen and oxygen atoms in total. The fourth-order valence-electron chi connectivity index (χ4n) is 3.08. The molecule has 2 rings (SSSR count). The van der Waals surface area contributed by atoms with Crippen molar-refractivity contribution in [3.05, 3.63) is 34.9 Å². The molecule has 0 unspecified atom stereocenters. The van der Waals surface area contributed by atoms with Gasteiger partial charge in [-0.3, -0.25) is 14.4 Å². The number of esters is 1. The molecule has 1 aromatic rings. The minimum atomic E-state index is -0.295. The van der Waals surface area contributed by atoms with Crippen LogP contribution in [0.5, 0.6) is 0 Å². The number of likely N-dealkylation sites (tertiary alicyclic amines) is 1. The number of hydrogen-bond donors (Lipinski definition) is 1. The highest BCUT2D eigenvalue weighted by Crippen LogP contribution is 2.18. The third-order valence-electron chi connectivity index (χ3n) is 4.54. The predicted molar refractivity (Wildman–Crippen MR) is 99.0 cm³/mol. The normalized spacial score (nSPS) is 16.8. The summed E-state index contributed by atoms with van der Waals surface area (Å²) >= 11 is 6.04. The number of hydrogen-bond acceptors (Lipinski definition) is 4. The number of nitrogens with zero attached hydrogens (tertiary/aromatic N) is 1. The van der Waals surface area contributed by atoms with Crippen molar-refractivity contribution in [3.8, 4) is 0 Å². The summed E-state index contributed by atoms with van der Waals surface area (Å²) in [6, 6.07) is 6.93. The van der Waals surface area contributed by atoms with Crippen molar-refractivity contribution in [1.29, 1.82) is 0 Å². The number of halogens is 1. The van der Waals surface area contributed by atoms with Gasteiger partial charge in [0.1, 0.15) is 0 Å². The Bertz CT molecular complexity index is 650. The quantitative estimate of drug-likeness (QED) is 0.738.